The number of aliphatic hydroxyl groups is 1. The van der Waals surface area contributed by atoms with Crippen LogP contribution in [0.1, 0.15) is 6.42 Å². The van der Waals surface area contributed by atoms with Gasteiger partial charge in [0.15, 0.2) is 0 Å². The van der Waals surface area contributed by atoms with E-state index in [9.17, 15) is 17.5 Å². The third kappa shape index (κ3) is 2.83. The van der Waals surface area contributed by atoms with E-state index < -0.39 is 29.4 Å². The second-order valence-electron chi connectivity index (χ2n) is 1.35. The smallest absolute Gasteiger partial charge is 0.311 e. The Hall–Kier alpha value is -0.0700. The molecule has 56 valence electrons. The summed E-state index contributed by atoms with van der Waals surface area (Å²) in [6.45, 7) is -0.832. The summed E-state index contributed by atoms with van der Waals surface area (Å²) in [5.74, 6) is 0. The number of alkyl halides is 2. The van der Waals surface area contributed by atoms with Gasteiger partial charge < -0.3 is 9.66 Å². The Balaban J connectivity index is 3.85. The van der Waals surface area contributed by atoms with E-state index in [0.29, 0.717) is 0 Å². The van der Waals surface area contributed by atoms with E-state index in [1.165, 1.54) is 0 Å². The van der Waals surface area contributed by atoms with E-state index in [2.05, 4.69) is 0 Å². The fraction of sp³-hybridized carbons (Fsp3) is 1.00. The third-order valence-corrected chi connectivity index (χ3v) is 1.34. The van der Waals surface area contributed by atoms with Crippen molar-refractivity contribution in [2.75, 3.05) is 6.61 Å². The summed E-state index contributed by atoms with van der Waals surface area (Å²) in [4.78, 5) is 0. The highest BCUT2D eigenvalue weighted by Crippen LogP contribution is 2.20. The van der Waals surface area contributed by atoms with Crippen molar-refractivity contribution in [3.63, 3.8) is 0 Å². The molecule has 1 N–H and O–H groups in total. The zero-order chi connectivity index (χ0) is 7.49. The molecule has 0 aliphatic carbocycles. The van der Waals surface area contributed by atoms with E-state index in [1.54, 1.807) is 0 Å². The van der Waals surface area contributed by atoms with Gasteiger partial charge in [0.25, 0.3) is 0 Å². The zero-order valence-electron chi connectivity index (χ0n) is 4.34. The minimum Gasteiger partial charge on any atom is -0.768 e. The highest BCUT2D eigenvalue weighted by Gasteiger charge is 2.29. The molecule has 0 bridgehead atoms. The molecular weight excluding hydrogens is 154 g/mol. The Labute approximate surface area is 53.0 Å². The summed E-state index contributed by atoms with van der Waals surface area (Å²) < 4.78 is 42.6. The standard InChI is InChI=1S/C3H6F2O3S/c4-3(5,1-2-6)9(7)8/h6H,1-2H2,(H,7,8)/p-1. The molecule has 0 amide bonds. The summed E-state index contributed by atoms with van der Waals surface area (Å²) in [6.07, 6.45) is -1.04. The average molecular weight is 159 g/mol. The molecule has 0 aliphatic heterocycles. The number of rotatable bonds is 3. The van der Waals surface area contributed by atoms with Gasteiger partial charge in [-0.15, -0.1) is 0 Å². The predicted octanol–water partition coefficient (Wildman–Crippen LogP) is -0.159. The maximum absolute atomic E-state index is 11.8. The van der Waals surface area contributed by atoms with E-state index in [4.69, 9.17) is 5.11 Å². The number of halogens is 2. The minimum atomic E-state index is -3.78. The second kappa shape index (κ2) is 3.19. The van der Waals surface area contributed by atoms with Crippen LogP contribution >= 0.6 is 0 Å². The Morgan fingerprint density at radius 2 is 2.11 bits per heavy atom. The van der Waals surface area contributed by atoms with Crippen LogP contribution in [-0.4, -0.2) is 25.7 Å². The number of hydrogen-bond donors (Lipinski definition) is 1. The van der Waals surface area contributed by atoms with Gasteiger partial charge in [-0.05, 0) is 0 Å². The zero-order valence-corrected chi connectivity index (χ0v) is 5.16. The summed E-state index contributed by atoms with van der Waals surface area (Å²) in [5.41, 5.74) is 0. The molecule has 1 atom stereocenters. The lowest BCUT2D eigenvalue weighted by Crippen LogP contribution is -2.23. The molecule has 0 heterocycles. The third-order valence-electron chi connectivity index (χ3n) is 0.647. The van der Waals surface area contributed by atoms with Crippen LogP contribution in [-0.2, 0) is 11.1 Å². The molecule has 0 aliphatic rings. The molecule has 0 spiro atoms. The van der Waals surface area contributed by atoms with Crippen LogP contribution in [0.25, 0.3) is 0 Å². The molecule has 6 heteroatoms. The molecule has 0 saturated heterocycles. The van der Waals surface area contributed by atoms with Crippen LogP contribution in [0.3, 0.4) is 0 Å². The lowest BCUT2D eigenvalue weighted by Gasteiger charge is -2.16. The van der Waals surface area contributed by atoms with Gasteiger partial charge in [0, 0.05) is 24.1 Å². The highest BCUT2D eigenvalue weighted by atomic mass is 32.2. The summed E-state index contributed by atoms with van der Waals surface area (Å²) in [6, 6.07) is 0. The molecule has 3 nitrogen and oxygen atoms in total. The first-order valence-corrected chi connectivity index (χ1v) is 3.16. The maximum Gasteiger partial charge on any atom is 0.311 e. The number of hydrogen-bond acceptors (Lipinski definition) is 3. The fourth-order valence-corrected chi connectivity index (χ4v) is 0.471. The van der Waals surface area contributed by atoms with E-state index in [-0.39, 0.29) is 0 Å². The molecule has 9 heavy (non-hydrogen) atoms. The van der Waals surface area contributed by atoms with Crippen molar-refractivity contribution >= 4 is 11.1 Å². The Morgan fingerprint density at radius 3 is 2.22 bits per heavy atom. The Bertz CT molecular complexity index is 116. The van der Waals surface area contributed by atoms with Crippen molar-refractivity contribution in [2.45, 2.75) is 11.7 Å². The Kier molecular flexibility index (Phi) is 3.16. The molecule has 0 rings (SSSR count). The number of aliphatic hydroxyl groups excluding tert-OH is 1. The van der Waals surface area contributed by atoms with Gasteiger partial charge in [0.1, 0.15) is 0 Å². The van der Waals surface area contributed by atoms with Gasteiger partial charge in [0.05, 0.1) is 0 Å². The average Bonchev–Trinajstić information content (AvgIpc) is 1.65. The molecule has 0 fully saturated rings. The van der Waals surface area contributed by atoms with Crippen molar-refractivity contribution < 1.29 is 22.6 Å². The SMILES string of the molecule is O=S([O-])C(F)(F)CCO. The van der Waals surface area contributed by atoms with Gasteiger partial charge in [0.2, 0.25) is 0 Å². The molecule has 0 saturated carbocycles. The first-order chi connectivity index (χ1) is 4.00. The first kappa shape index (κ1) is 8.93. The van der Waals surface area contributed by atoms with Crippen LogP contribution in [0, 0.1) is 0 Å². The molecular formula is C3H5F2O3S-. The van der Waals surface area contributed by atoms with E-state index in [1.807, 2.05) is 0 Å². The Morgan fingerprint density at radius 1 is 1.67 bits per heavy atom. The molecule has 0 aromatic rings. The fourth-order valence-electron chi connectivity index (χ4n) is 0.213. The topological polar surface area (TPSA) is 60.4 Å². The second-order valence-corrected chi connectivity index (χ2v) is 2.41. The first-order valence-electron chi connectivity index (χ1n) is 2.09. The van der Waals surface area contributed by atoms with Gasteiger partial charge in [-0.25, -0.2) is 0 Å². The lowest BCUT2D eigenvalue weighted by atomic mass is 10.5. The monoisotopic (exact) mass is 159 g/mol. The largest absolute Gasteiger partial charge is 0.768 e. The molecule has 1 unspecified atom stereocenters. The van der Waals surface area contributed by atoms with Gasteiger partial charge in [-0.3, -0.25) is 4.21 Å². The van der Waals surface area contributed by atoms with Gasteiger partial charge in [-0.2, -0.15) is 8.78 Å². The minimum absolute atomic E-state index is 0.832. The van der Waals surface area contributed by atoms with Crippen molar-refractivity contribution in [1.82, 2.24) is 0 Å². The van der Waals surface area contributed by atoms with Gasteiger partial charge >= 0.3 is 5.25 Å². The van der Waals surface area contributed by atoms with E-state index >= 15 is 0 Å². The quantitative estimate of drug-likeness (QED) is 0.582. The van der Waals surface area contributed by atoms with Crippen molar-refractivity contribution in [3.05, 3.63) is 0 Å². The summed E-state index contributed by atoms with van der Waals surface area (Å²) in [7, 11) is 0. The van der Waals surface area contributed by atoms with Crippen LogP contribution in [0.4, 0.5) is 8.78 Å². The maximum atomic E-state index is 11.8. The van der Waals surface area contributed by atoms with Crippen LogP contribution < -0.4 is 0 Å². The lowest BCUT2D eigenvalue weighted by molar-refractivity contribution is 0.0584. The van der Waals surface area contributed by atoms with Crippen LogP contribution in [0.2, 0.25) is 0 Å². The highest BCUT2D eigenvalue weighted by molar-refractivity contribution is 7.80. The van der Waals surface area contributed by atoms with Crippen LogP contribution in [0.15, 0.2) is 0 Å². The molecule has 0 radical (unpaired) electrons. The molecule has 0 aromatic carbocycles. The van der Waals surface area contributed by atoms with Gasteiger partial charge in [-0.1, -0.05) is 0 Å². The van der Waals surface area contributed by atoms with Crippen molar-refractivity contribution in [1.29, 1.82) is 0 Å². The van der Waals surface area contributed by atoms with Crippen LogP contribution in [0.5, 0.6) is 0 Å². The van der Waals surface area contributed by atoms with Crippen molar-refractivity contribution in [2.24, 2.45) is 0 Å². The van der Waals surface area contributed by atoms with E-state index in [0.717, 1.165) is 0 Å². The predicted molar refractivity (Wildman–Crippen MR) is 25.6 cm³/mol. The normalized spacial score (nSPS) is 15.6. The molecule has 0 aromatic heterocycles. The van der Waals surface area contributed by atoms with Crippen molar-refractivity contribution in [3.8, 4) is 0 Å². The summed E-state index contributed by atoms with van der Waals surface area (Å²) in [5, 5.41) is 4.11. The summed E-state index contributed by atoms with van der Waals surface area (Å²) >= 11 is -3.42.